The third-order valence-corrected chi connectivity index (χ3v) is 3.48. The van der Waals surface area contributed by atoms with Crippen molar-refractivity contribution in [2.45, 2.75) is 12.6 Å². The smallest absolute Gasteiger partial charge is 0.172 e. The minimum Gasteiger partial charge on any atom is -0.491 e. The summed E-state index contributed by atoms with van der Waals surface area (Å²) in [6.07, 6.45) is 4.15. The Balaban J connectivity index is 1.46. The summed E-state index contributed by atoms with van der Waals surface area (Å²) in [6, 6.07) is 7.80. The van der Waals surface area contributed by atoms with Crippen LogP contribution in [-0.2, 0) is 6.54 Å². The second-order valence-corrected chi connectivity index (χ2v) is 5.45. The van der Waals surface area contributed by atoms with Gasteiger partial charge in [-0.25, -0.2) is 13.9 Å². The van der Waals surface area contributed by atoms with Gasteiger partial charge < -0.3 is 15.2 Å². The van der Waals surface area contributed by atoms with Crippen molar-refractivity contribution in [1.82, 2.24) is 19.9 Å². The summed E-state index contributed by atoms with van der Waals surface area (Å²) in [4.78, 5) is 4.21. The van der Waals surface area contributed by atoms with Crippen LogP contribution in [0.15, 0.2) is 42.9 Å². The zero-order chi connectivity index (χ0) is 17.6. The third kappa shape index (κ3) is 4.29. The summed E-state index contributed by atoms with van der Waals surface area (Å²) in [7, 11) is 0. The summed E-state index contributed by atoms with van der Waals surface area (Å²) in [5.74, 6) is -0.00753. The molecular formula is C17H16FN5O2. The largest absolute Gasteiger partial charge is 0.491 e. The van der Waals surface area contributed by atoms with Gasteiger partial charge in [0.25, 0.3) is 0 Å². The van der Waals surface area contributed by atoms with E-state index in [-0.39, 0.29) is 12.4 Å². The molecule has 0 fully saturated rings. The number of nitrogens with one attached hydrogen (secondary N) is 1. The van der Waals surface area contributed by atoms with Crippen molar-refractivity contribution < 1.29 is 14.2 Å². The molecule has 8 heteroatoms. The van der Waals surface area contributed by atoms with Crippen molar-refractivity contribution in [2.24, 2.45) is 0 Å². The molecule has 3 rings (SSSR count). The van der Waals surface area contributed by atoms with E-state index in [2.05, 4.69) is 15.4 Å². The van der Waals surface area contributed by atoms with Crippen molar-refractivity contribution in [1.29, 1.82) is 5.26 Å². The molecule has 3 aromatic rings. The Morgan fingerprint density at radius 3 is 3.08 bits per heavy atom. The second kappa shape index (κ2) is 7.70. The number of aliphatic hydroxyl groups is 1. The van der Waals surface area contributed by atoms with Gasteiger partial charge in [0.15, 0.2) is 5.65 Å². The summed E-state index contributed by atoms with van der Waals surface area (Å²) in [5, 5.41) is 26.0. The molecular weight excluding hydrogens is 325 g/mol. The van der Waals surface area contributed by atoms with Crippen molar-refractivity contribution in [2.75, 3.05) is 13.2 Å². The zero-order valence-corrected chi connectivity index (χ0v) is 13.3. The minimum atomic E-state index is -0.741. The molecule has 0 radical (unpaired) electrons. The average molecular weight is 341 g/mol. The maximum atomic E-state index is 13.0. The first-order valence-electron chi connectivity index (χ1n) is 7.65. The van der Waals surface area contributed by atoms with Crippen LogP contribution in [0, 0.1) is 17.1 Å². The van der Waals surface area contributed by atoms with Crippen LogP contribution in [-0.4, -0.2) is 39.0 Å². The monoisotopic (exact) mass is 341 g/mol. The number of aliphatic hydroxyl groups excluding tert-OH is 1. The molecule has 1 unspecified atom stereocenters. The van der Waals surface area contributed by atoms with E-state index in [1.54, 1.807) is 29.0 Å². The van der Waals surface area contributed by atoms with Gasteiger partial charge in [-0.2, -0.15) is 10.4 Å². The van der Waals surface area contributed by atoms with Crippen molar-refractivity contribution >= 4 is 5.65 Å². The van der Waals surface area contributed by atoms with Crippen LogP contribution in [0.2, 0.25) is 0 Å². The minimum absolute atomic E-state index is 0.0540. The van der Waals surface area contributed by atoms with Gasteiger partial charge in [0.2, 0.25) is 0 Å². The van der Waals surface area contributed by atoms with Gasteiger partial charge in [0.1, 0.15) is 35.9 Å². The molecule has 2 aromatic heterocycles. The Morgan fingerprint density at radius 1 is 1.40 bits per heavy atom. The maximum Gasteiger partial charge on any atom is 0.172 e. The van der Waals surface area contributed by atoms with E-state index in [0.717, 1.165) is 5.56 Å². The molecule has 2 N–H and O–H groups in total. The molecule has 0 aliphatic heterocycles. The first-order chi connectivity index (χ1) is 12.2. The summed E-state index contributed by atoms with van der Waals surface area (Å²) in [6.45, 7) is 0.829. The predicted octanol–water partition coefficient (Wildman–Crippen LogP) is 1.27. The Morgan fingerprint density at radius 2 is 2.28 bits per heavy atom. The van der Waals surface area contributed by atoms with E-state index in [1.807, 2.05) is 6.07 Å². The van der Waals surface area contributed by atoms with Gasteiger partial charge in [-0.05, 0) is 12.1 Å². The molecule has 1 aromatic carbocycles. The van der Waals surface area contributed by atoms with Crippen LogP contribution in [0.4, 0.5) is 4.39 Å². The zero-order valence-electron chi connectivity index (χ0n) is 13.3. The molecule has 0 saturated heterocycles. The first-order valence-corrected chi connectivity index (χ1v) is 7.65. The second-order valence-electron chi connectivity index (χ2n) is 5.45. The number of halogens is 1. The average Bonchev–Trinajstić information content (AvgIpc) is 3.02. The van der Waals surface area contributed by atoms with Gasteiger partial charge >= 0.3 is 0 Å². The standard InChI is InChI=1S/C17H16FN5O2/c18-14-2-1-3-16(4-14)25-11-15(24)9-20-6-12-7-21-17-13(5-19)8-22-23(17)10-12/h1-4,7-8,10,15,20,24H,6,9,11H2. The van der Waals surface area contributed by atoms with Crippen LogP contribution in [0.1, 0.15) is 11.1 Å². The predicted molar refractivity (Wildman–Crippen MR) is 87.3 cm³/mol. The summed E-state index contributed by atoms with van der Waals surface area (Å²) in [5.41, 5.74) is 1.79. The molecule has 2 heterocycles. The maximum absolute atomic E-state index is 13.0. The number of ether oxygens (including phenoxy) is 1. The molecule has 0 bridgehead atoms. The molecule has 1 atom stereocenters. The number of rotatable bonds is 7. The molecule has 0 saturated carbocycles. The fourth-order valence-corrected chi connectivity index (χ4v) is 2.27. The van der Waals surface area contributed by atoms with Crippen LogP contribution >= 0.6 is 0 Å². The van der Waals surface area contributed by atoms with Crippen LogP contribution in [0.3, 0.4) is 0 Å². The lowest BCUT2D eigenvalue weighted by Crippen LogP contribution is -2.31. The molecule has 0 aliphatic carbocycles. The fourth-order valence-electron chi connectivity index (χ4n) is 2.27. The van der Waals surface area contributed by atoms with E-state index in [0.29, 0.717) is 30.0 Å². The molecule has 128 valence electrons. The molecule has 25 heavy (non-hydrogen) atoms. The van der Waals surface area contributed by atoms with Crippen molar-refractivity contribution in [3.05, 3.63) is 59.8 Å². The fraction of sp³-hybridized carbons (Fsp3) is 0.235. The number of aromatic nitrogens is 3. The highest BCUT2D eigenvalue weighted by atomic mass is 19.1. The normalized spacial score (nSPS) is 12.0. The van der Waals surface area contributed by atoms with Gasteiger partial charge in [-0.15, -0.1) is 0 Å². The van der Waals surface area contributed by atoms with Gasteiger partial charge in [-0.3, -0.25) is 0 Å². The Kier molecular flexibility index (Phi) is 5.18. The Labute approximate surface area is 143 Å². The van der Waals surface area contributed by atoms with E-state index in [1.165, 1.54) is 18.3 Å². The van der Waals surface area contributed by atoms with Crippen molar-refractivity contribution in [3.8, 4) is 11.8 Å². The number of benzene rings is 1. The van der Waals surface area contributed by atoms with Gasteiger partial charge in [-0.1, -0.05) is 6.07 Å². The summed E-state index contributed by atoms with van der Waals surface area (Å²) >= 11 is 0. The van der Waals surface area contributed by atoms with Gasteiger partial charge in [0.05, 0.1) is 6.20 Å². The number of hydrogen-bond acceptors (Lipinski definition) is 6. The quantitative estimate of drug-likeness (QED) is 0.672. The summed E-state index contributed by atoms with van der Waals surface area (Å²) < 4.78 is 19.9. The van der Waals surface area contributed by atoms with E-state index >= 15 is 0 Å². The highest BCUT2D eigenvalue weighted by Gasteiger charge is 2.08. The Bertz CT molecular complexity index is 905. The SMILES string of the molecule is N#Cc1cnn2cc(CNCC(O)COc3cccc(F)c3)cnc12. The molecule has 0 amide bonds. The van der Waals surface area contributed by atoms with Crippen LogP contribution in [0.25, 0.3) is 5.65 Å². The highest BCUT2D eigenvalue weighted by molar-refractivity contribution is 5.53. The lowest BCUT2D eigenvalue weighted by molar-refractivity contribution is 0.106. The Hall–Kier alpha value is -3.02. The number of hydrogen-bond donors (Lipinski definition) is 2. The third-order valence-electron chi connectivity index (χ3n) is 3.48. The number of nitriles is 1. The van der Waals surface area contributed by atoms with Crippen molar-refractivity contribution in [3.63, 3.8) is 0 Å². The van der Waals surface area contributed by atoms with E-state index in [9.17, 15) is 9.50 Å². The molecule has 7 nitrogen and oxygen atoms in total. The topological polar surface area (TPSA) is 95.5 Å². The number of nitrogens with zero attached hydrogens (tertiary/aromatic N) is 4. The number of fused-ring (bicyclic) bond motifs is 1. The van der Waals surface area contributed by atoms with E-state index < -0.39 is 6.10 Å². The van der Waals surface area contributed by atoms with E-state index in [4.69, 9.17) is 10.00 Å². The van der Waals surface area contributed by atoms with Crippen LogP contribution in [0.5, 0.6) is 5.75 Å². The van der Waals surface area contributed by atoms with Gasteiger partial charge in [0, 0.05) is 37.1 Å². The lowest BCUT2D eigenvalue weighted by Gasteiger charge is -2.13. The van der Waals surface area contributed by atoms with Crippen LogP contribution < -0.4 is 10.1 Å². The molecule has 0 spiro atoms. The lowest BCUT2D eigenvalue weighted by atomic mass is 10.3. The first kappa shape index (κ1) is 16.8. The highest BCUT2D eigenvalue weighted by Crippen LogP contribution is 2.12. The molecule has 0 aliphatic rings.